The molecular formula is C18H37ClN2O4. The number of carbonyl (C=O) groups excluding carboxylic acids is 2. The molecule has 0 aliphatic rings. The summed E-state index contributed by atoms with van der Waals surface area (Å²) in [5, 5.41) is 0. The van der Waals surface area contributed by atoms with Gasteiger partial charge in [-0.05, 0) is 41.0 Å². The molecule has 25 heavy (non-hydrogen) atoms. The average Bonchev–Trinajstić information content (AvgIpc) is 2.49. The van der Waals surface area contributed by atoms with Crippen LogP contribution in [0.4, 0.5) is 0 Å². The van der Waals surface area contributed by atoms with E-state index in [2.05, 4.69) is 0 Å². The van der Waals surface area contributed by atoms with E-state index < -0.39 is 0 Å². The Hall–Kier alpha value is -0.850. The van der Waals surface area contributed by atoms with E-state index in [4.69, 9.17) is 9.47 Å². The van der Waals surface area contributed by atoms with Gasteiger partial charge in [-0.15, -0.1) is 12.4 Å². The smallest absolute Gasteiger partial charge is 0.305 e. The van der Waals surface area contributed by atoms with E-state index in [-0.39, 0.29) is 24.3 Å². The van der Waals surface area contributed by atoms with Gasteiger partial charge in [-0.25, -0.2) is 0 Å². The van der Waals surface area contributed by atoms with Crippen LogP contribution in [-0.2, 0) is 19.1 Å². The number of esters is 2. The molecule has 0 N–H and O–H groups in total. The fraction of sp³-hybridized carbons (Fsp3) is 0.889. The van der Waals surface area contributed by atoms with Crippen LogP contribution in [-0.4, -0.2) is 76.2 Å². The Kier molecular flexibility index (Phi) is 18.9. The van der Waals surface area contributed by atoms with Crippen LogP contribution in [0.2, 0.25) is 0 Å². The molecule has 0 aliphatic heterocycles. The molecule has 0 amide bonds. The van der Waals surface area contributed by atoms with Crippen molar-refractivity contribution in [2.24, 2.45) is 0 Å². The highest BCUT2D eigenvalue weighted by Crippen LogP contribution is 2.09. The lowest BCUT2D eigenvalue weighted by molar-refractivity contribution is -0.145. The highest BCUT2D eigenvalue weighted by Gasteiger charge is 2.04. The molecular weight excluding hydrogens is 344 g/mol. The molecule has 0 spiro atoms. The molecule has 0 aromatic rings. The summed E-state index contributed by atoms with van der Waals surface area (Å²) in [6.07, 6.45) is 7.05. The molecule has 0 heterocycles. The number of carbonyl (C=O) groups is 2. The van der Waals surface area contributed by atoms with Crippen molar-refractivity contribution in [1.82, 2.24) is 9.80 Å². The largest absolute Gasteiger partial charge is 0.464 e. The molecule has 0 unspecified atom stereocenters. The van der Waals surface area contributed by atoms with E-state index >= 15 is 0 Å². The standard InChI is InChI=1S/C18H36N2O4.ClH/c1-19(2)13-15-23-17(21)11-9-7-5-6-8-10-12-18(22)24-16-14-20(3)4;/h5-16H2,1-4H3;1H. The van der Waals surface area contributed by atoms with E-state index in [1.165, 1.54) is 0 Å². The van der Waals surface area contributed by atoms with Crippen LogP contribution in [0.25, 0.3) is 0 Å². The molecule has 0 atom stereocenters. The maximum Gasteiger partial charge on any atom is 0.305 e. The molecule has 0 aromatic carbocycles. The van der Waals surface area contributed by atoms with Gasteiger partial charge in [-0.1, -0.05) is 25.7 Å². The van der Waals surface area contributed by atoms with Gasteiger partial charge in [0.25, 0.3) is 0 Å². The normalized spacial score (nSPS) is 10.6. The van der Waals surface area contributed by atoms with Crippen LogP contribution in [0.5, 0.6) is 0 Å². The third-order valence-electron chi connectivity index (χ3n) is 3.61. The van der Waals surface area contributed by atoms with Crippen LogP contribution in [0.1, 0.15) is 51.4 Å². The summed E-state index contributed by atoms with van der Waals surface area (Å²) >= 11 is 0. The first-order chi connectivity index (χ1) is 11.4. The minimum absolute atomic E-state index is 0. The lowest BCUT2D eigenvalue weighted by atomic mass is 10.1. The summed E-state index contributed by atoms with van der Waals surface area (Å²) in [7, 11) is 7.82. The molecule has 0 bridgehead atoms. The zero-order chi connectivity index (χ0) is 18.2. The summed E-state index contributed by atoms with van der Waals surface area (Å²) < 4.78 is 10.3. The zero-order valence-corrected chi connectivity index (χ0v) is 17.2. The third kappa shape index (κ3) is 21.1. The van der Waals surface area contributed by atoms with E-state index in [0.29, 0.717) is 26.1 Å². The van der Waals surface area contributed by atoms with Crippen molar-refractivity contribution in [3.8, 4) is 0 Å². The number of halogens is 1. The van der Waals surface area contributed by atoms with Gasteiger partial charge in [-0.2, -0.15) is 0 Å². The van der Waals surface area contributed by atoms with Crippen LogP contribution in [0.15, 0.2) is 0 Å². The maximum absolute atomic E-state index is 11.5. The van der Waals surface area contributed by atoms with Crippen molar-refractivity contribution in [2.75, 3.05) is 54.5 Å². The van der Waals surface area contributed by atoms with Gasteiger partial charge in [-0.3, -0.25) is 9.59 Å². The first-order valence-corrected chi connectivity index (χ1v) is 9.02. The number of nitrogens with zero attached hydrogens (tertiary/aromatic N) is 2. The zero-order valence-electron chi connectivity index (χ0n) is 16.4. The van der Waals surface area contributed by atoms with E-state index in [1.54, 1.807) is 0 Å². The molecule has 6 nitrogen and oxygen atoms in total. The number of ether oxygens (including phenoxy) is 2. The van der Waals surface area contributed by atoms with Gasteiger partial charge >= 0.3 is 11.9 Å². The minimum Gasteiger partial charge on any atom is -0.464 e. The Morgan fingerprint density at radius 3 is 1.28 bits per heavy atom. The summed E-state index contributed by atoms with van der Waals surface area (Å²) in [5.41, 5.74) is 0. The van der Waals surface area contributed by atoms with E-state index in [9.17, 15) is 9.59 Å². The second kappa shape index (κ2) is 18.0. The number of unbranched alkanes of at least 4 members (excludes halogenated alkanes) is 5. The Morgan fingerprint density at radius 1 is 0.640 bits per heavy atom. The van der Waals surface area contributed by atoms with Crippen LogP contribution >= 0.6 is 12.4 Å². The van der Waals surface area contributed by atoms with Crippen molar-refractivity contribution in [3.63, 3.8) is 0 Å². The van der Waals surface area contributed by atoms with Crippen molar-refractivity contribution in [3.05, 3.63) is 0 Å². The second-order valence-corrected chi connectivity index (χ2v) is 6.67. The first kappa shape index (κ1) is 26.4. The SMILES string of the molecule is CN(C)CCOC(=O)CCCCCCCCC(=O)OCCN(C)C.Cl. The van der Waals surface area contributed by atoms with Gasteiger partial charge in [0.15, 0.2) is 0 Å². The van der Waals surface area contributed by atoms with Gasteiger partial charge in [0.05, 0.1) is 0 Å². The molecule has 0 aliphatic carbocycles. The Bertz CT molecular complexity index is 307. The number of likely N-dealkylation sites (N-methyl/N-ethyl adjacent to an activating group) is 2. The van der Waals surface area contributed by atoms with Gasteiger partial charge in [0.2, 0.25) is 0 Å². The molecule has 150 valence electrons. The lowest BCUT2D eigenvalue weighted by Crippen LogP contribution is -2.20. The maximum atomic E-state index is 11.5. The fourth-order valence-electron chi connectivity index (χ4n) is 2.07. The topological polar surface area (TPSA) is 59.1 Å². The van der Waals surface area contributed by atoms with Crippen molar-refractivity contribution < 1.29 is 19.1 Å². The van der Waals surface area contributed by atoms with E-state index in [0.717, 1.165) is 51.6 Å². The molecule has 0 aromatic heterocycles. The molecule has 0 rings (SSSR count). The predicted molar refractivity (Wildman–Crippen MR) is 103 cm³/mol. The van der Waals surface area contributed by atoms with Gasteiger partial charge in [0.1, 0.15) is 13.2 Å². The van der Waals surface area contributed by atoms with Gasteiger partial charge < -0.3 is 19.3 Å². The summed E-state index contributed by atoms with van der Waals surface area (Å²) in [5.74, 6) is -0.199. The van der Waals surface area contributed by atoms with Crippen LogP contribution < -0.4 is 0 Å². The third-order valence-corrected chi connectivity index (χ3v) is 3.61. The summed E-state index contributed by atoms with van der Waals surface area (Å²) in [6.45, 7) is 2.47. The molecule has 0 saturated carbocycles. The summed E-state index contributed by atoms with van der Waals surface area (Å²) in [6, 6.07) is 0. The average molecular weight is 381 g/mol. The highest BCUT2D eigenvalue weighted by atomic mass is 35.5. The second-order valence-electron chi connectivity index (χ2n) is 6.67. The van der Waals surface area contributed by atoms with Crippen molar-refractivity contribution >= 4 is 24.3 Å². The number of hydrogen-bond acceptors (Lipinski definition) is 6. The van der Waals surface area contributed by atoms with Gasteiger partial charge in [0, 0.05) is 25.9 Å². The van der Waals surface area contributed by atoms with Crippen molar-refractivity contribution in [1.29, 1.82) is 0 Å². The molecule has 0 radical (unpaired) electrons. The predicted octanol–water partition coefficient (Wildman–Crippen LogP) is 2.74. The highest BCUT2D eigenvalue weighted by molar-refractivity contribution is 5.85. The van der Waals surface area contributed by atoms with Crippen molar-refractivity contribution in [2.45, 2.75) is 51.4 Å². The number of rotatable bonds is 15. The van der Waals surface area contributed by atoms with Crippen LogP contribution in [0.3, 0.4) is 0 Å². The summed E-state index contributed by atoms with van der Waals surface area (Å²) in [4.78, 5) is 26.9. The Morgan fingerprint density at radius 2 is 0.960 bits per heavy atom. The van der Waals surface area contributed by atoms with E-state index in [1.807, 2.05) is 38.0 Å². The molecule has 7 heteroatoms. The molecule has 0 saturated heterocycles. The monoisotopic (exact) mass is 380 g/mol. The Labute approximate surface area is 159 Å². The molecule has 0 fully saturated rings. The minimum atomic E-state index is -0.0997. The lowest BCUT2D eigenvalue weighted by Gasteiger charge is -2.10. The Balaban J connectivity index is 0. The first-order valence-electron chi connectivity index (χ1n) is 9.02. The number of hydrogen-bond donors (Lipinski definition) is 0. The quantitative estimate of drug-likeness (QED) is 0.321. The van der Waals surface area contributed by atoms with Crippen LogP contribution in [0, 0.1) is 0 Å². The fourth-order valence-corrected chi connectivity index (χ4v) is 2.07.